The fraction of sp³-hybridized carbons (Fsp3) is 0.909. The minimum absolute atomic E-state index is 0.584. The molecule has 0 aromatic heterocycles. The van der Waals surface area contributed by atoms with Crippen LogP contribution in [0, 0.1) is 0 Å². The zero-order valence-corrected chi connectivity index (χ0v) is 10.7. The lowest BCUT2D eigenvalue weighted by Crippen LogP contribution is -1.94. The van der Waals surface area contributed by atoms with Crippen LogP contribution >= 0.6 is 24.4 Å². The smallest absolute Gasteiger partial charge is 0.0954 e. The van der Waals surface area contributed by atoms with E-state index in [1.165, 1.54) is 43.6 Å². The summed E-state index contributed by atoms with van der Waals surface area (Å²) < 4.78 is 0. The Labute approximate surface area is 97.6 Å². The second-order valence-corrected chi connectivity index (χ2v) is 5.35. The van der Waals surface area contributed by atoms with Gasteiger partial charge in [-0.2, -0.15) is 12.6 Å². The number of thiol groups is 1. The molecule has 0 saturated heterocycles. The lowest BCUT2D eigenvalue weighted by atomic mass is 10.1. The Morgan fingerprint density at radius 2 is 2.14 bits per heavy atom. The first-order chi connectivity index (χ1) is 6.86. The van der Waals surface area contributed by atoms with Crippen molar-refractivity contribution in [3.63, 3.8) is 0 Å². The topological polar surface area (TPSA) is 12.4 Å². The first-order valence-corrected chi connectivity index (χ1v) is 7.33. The molecular formula is C11H21NS2. The predicted octanol–water partition coefficient (Wildman–Crippen LogP) is 3.79. The van der Waals surface area contributed by atoms with Gasteiger partial charge in [-0.3, -0.25) is 4.99 Å². The Morgan fingerprint density at radius 1 is 1.36 bits per heavy atom. The van der Waals surface area contributed by atoms with Gasteiger partial charge < -0.3 is 0 Å². The van der Waals surface area contributed by atoms with Crippen LogP contribution in [-0.4, -0.2) is 22.6 Å². The largest absolute Gasteiger partial charge is 0.279 e. The van der Waals surface area contributed by atoms with Gasteiger partial charge in [0, 0.05) is 11.5 Å². The molecule has 0 radical (unpaired) electrons. The number of rotatable bonds is 7. The maximum atomic E-state index is 4.69. The summed E-state index contributed by atoms with van der Waals surface area (Å²) in [4.78, 5) is 4.69. The monoisotopic (exact) mass is 231 g/mol. The first kappa shape index (κ1) is 12.4. The van der Waals surface area contributed by atoms with Crippen molar-refractivity contribution in [1.82, 2.24) is 0 Å². The lowest BCUT2D eigenvalue weighted by molar-refractivity contribution is 0.629. The fourth-order valence-corrected chi connectivity index (χ4v) is 3.04. The van der Waals surface area contributed by atoms with Crippen molar-refractivity contribution < 1.29 is 0 Å². The summed E-state index contributed by atoms with van der Waals surface area (Å²) in [6, 6.07) is 0. The van der Waals surface area contributed by atoms with Crippen LogP contribution < -0.4 is 0 Å². The zero-order chi connectivity index (χ0) is 10.2. The third kappa shape index (κ3) is 4.74. The molecule has 1 rings (SSSR count). The maximum Gasteiger partial charge on any atom is 0.0954 e. The molecule has 1 aliphatic heterocycles. The van der Waals surface area contributed by atoms with E-state index in [9.17, 15) is 0 Å². The molecule has 0 aromatic carbocycles. The highest BCUT2D eigenvalue weighted by atomic mass is 32.2. The van der Waals surface area contributed by atoms with Gasteiger partial charge in [-0.1, -0.05) is 26.2 Å². The molecule has 0 spiro atoms. The Morgan fingerprint density at radius 3 is 2.79 bits per heavy atom. The number of thioether (sulfide) groups is 1. The minimum Gasteiger partial charge on any atom is -0.279 e. The van der Waals surface area contributed by atoms with E-state index in [1.807, 2.05) is 11.8 Å². The maximum absolute atomic E-state index is 4.69. The van der Waals surface area contributed by atoms with Crippen molar-refractivity contribution in [3.8, 4) is 0 Å². The average molecular weight is 231 g/mol. The molecule has 0 aliphatic carbocycles. The molecule has 1 nitrogen and oxygen atoms in total. The van der Waals surface area contributed by atoms with E-state index < -0.39 is 0 Å². The third-order valence-corrected chi connectivity index (χ3v) is 4.08. The molecule has 14 heavy (non-hydrogen) atoms. The minimum atomic E-state index is 0.584. The van der Waals surface area contributed by atoms with Crippen molar-refractivity contribution in [2.24, 2.45) is 4.99 Å². The van der Waals surface area contributed by atoms with Crippen LogP contribution in [0.15, 0.2) is 4.99 Å². The Balaban J connectivity index is 2.00. The van der Waals surface area contributed by atoms with E-state index in [0.717, 1.165) is 12.2 Å². The van der Waals surface area contributed by atoms with Crippen LogP contribution in [0.4, 0.5) is 0 Å². The molecule has 1 aliphatic rings. The van der Waals surface area contributed by atoms with E-state index in [0.29, 0.717) is 5.37 Å². The van der Waals surface area contributed by atoms with E-state index in [4.69, 9.17) is 0 Å². The summed E-state index contributed by atoms with van der Waals surface area (Å²) in [7, 11) is 0. The quantitative estimate of drug-likeness (QED) is 0.519. The molecule has 0 N–H and O–H groups in total. The van der Waals surface area contributed by atoms with Crippen molar-refractivity contribution in [2.45, 2.75) is 50.8 Å². The van der Waals surface area contributed by atoms with Crippen molar-refractivity contribution in [1.29, 1.82) is 0 Å². The van der Waals surface area contributed by atoms with Gasteiger partial charge in [-0.15, -0.1) is 11.8 Å². The summed E-state index contributed by atoms with van der Waals surface area (Å²) >= 11 is 6.23. The van der Waals surface area contributed by atoms with Crippen LogP contribution in [0.2, 0.25) is 0 Å². The van der Waals surface area contributed by atoms with Gasteiger partial charge in [-0.25, -0.2) is 0 Å². The van der Waals surface area contributed by atoms with Crippen molar-refractivity contribution in [3.05, 3.63) is 0 Å². The number of unbranched alkanes of at least 4 members (excludes halogenated alkanes) is 3. The summed E-state index contributed by atoms with van der Waals surface area (Å²) in [5, 5.41) is 0.584. The molecule has 1 heterocycles. The highest BCUT2D eigenvalue weighted by Crippen LogP contribution is 2.26. The van der Waals surface area contributed by atoms with Crippen molar-refractivity contribution >= 4 is 30.1 Å². The highest BCUT2D eigenvalue weighted by Gasteiger charge is 2.15. The molecule has 0 bridgehead atoms. The Hall–Kier alpha value is 0.370. The van der Waals surface area contributed by atoms with Gasteiger partial charge in [0.25, 0.3) is 0 Å². The van der Waals surface area contributed by atoms with Crippen LogP contribution in [0.5, 0.6) is 0 Å². The molecular weight excluding hydrogens is 210 g/mol. The Kier molecular flexibility index (Phi) is 6.78. The average Bonchev–Trinajstić information content (AvgIpc) is 2.65. The molecule has 0 saturated carbocycles. The van der Waals surface area contributed by atoms with E-state index in [-0.39, 0.29) is 0 Å². The molecule has 1 unspecified atom stereocenters. The molecule has 0 amide bonds. The number of hydrogen-bond acceptors (Lipinski definition) is 3. The van der Waals surface area contributed by atoms with Gasteiger partial charge in [0.2, 0.25) is 0 Å². The lowest BCUT2D eigenvalue weighted by Gasteiger charge is -2.04. The Bertz CT molecular complexity index is 180. The van der Waals surface area contributed by atoms with Gasteiger partial charge in [0.1, 0.15) is 0 Å². The second-order valence-electron chi connectivity index (χ2n) is 3.74. The number of aliphatic imine (C=N–C) groups is 1. The van der Waals surface area contributed by atoms with Crippen LogP contribution in [0.3, 0.4) is 0 Å². The molecule has 0 fully saturated rings. The predicted molar refractivity (Wildman–Crippen MR) is 70.9 cm³/mol. The van der Waals surface area contributed by atoms with Gasteiger partial charge >= 0.3 is 0 Å². The number of nitrogens with zero attached hydrogens (tertiary/aromatic N) is 1. The molecule has 3 heteroatoms. The van der Waals surface area contributed by atoms with E-state index in [2.05, 4.69) is 24.5 Å². The van der Waals surface area contributed by atoms with Gasteiger partial charge in [-0.05, 0) is 25.0 Å². The highest BCUT2D eigenvalue weighted by molar-refractivity contribution is 8.00. The van der Waals surface area contributed by atoms with Crippen LogP contribution in [-0.2, 0) is 0 Å². The fourth-order valence-electron chi connectivity index (χ4n) is 1.60. The number of hydrogen-bond donors (Lipinski definition) is 1. The van der Waals surface area contributed by atoms with E-state index >= 15 is 0 Å². The normalized spacial score (nSPS) is 21.3. The van der Waals surface area contributed by atoms with Crippen LogP contribution in [0.1, 0.15) is 45.4 Å². The SMILES string of the molecule is CCC1=NC(CCCCCCS)SC1. The standard InChI is InChI=1S/C11H21NS2/c1-2-10-9-14-11(12-10)7-5-3-4-6-8-13/h11,13H,2-9H2,1H3. The summed E-state index contributed by atoms with van der Waals surface area (Å²) in [6.07, 6.45) is 7.72. The molecule has 1 atom stereocenters. The summed E-state index contributed by atoms with van der Waals surface area (Å²) in [5.41, 5.74) is 1.41. The first-order valence-electron chi connectivity index (χ1n) is 5.64. The van der Waals surface area contributed by atoms with Crippen molar-refractivity contribution in [2.75, 3.05) is 11.5 Å². The summed E-state index contributed by atoms with van der Waals surface area (Å²) in [5.74, 6) is 2.22. The second kappa shape index (κ2) is 7.63. The molecule has 0 aromatic rings. The molecule has 82 valence electrons. The third-order valence-electron chi connectivity index (χ3n) is 2.54. The zero-order valence-electron chi connectivity index (χ0n) is 9.04. The van der Waals surface area contributed by atoms with Crippen LogP contribution in [0.25, 0.3) is 0 Å². The van der Waals surface area contributed by atoms with E-state index in [1.54, 1.807) is 0 Å². The summed E-state index contributed by atoms with van der Waals surface area (Å²) in [6.45, 7) is 2.20. The van der Waals surface area contributed by atoms with Gasteiger partial charge in [0.15, 0.2) is 0 Å². The van der Waals surface area contributed by atoms with Gasteiger partial charge in [0.05, 0.1) is 5.37 Å².